The molecule has 1 aromatic carbocycles. The summed E-state index contributed by atoms with van der Waals surface area (Å²) in [6, 6.07) is 9.71. The largest absolute Gasteiger partial charge is 0.478 e. The van der Waals surface area contributed by atoms with E-state index in [2.05, 4.69) is 21.3 Å². The molecule has 1 N–H and O–H groups in total. The monoisotopic (exact) mass is 432 g/mol. The van der Waals surface area contributed by atoms with Crippen LogP contribution in [0.15, 0.2) is 42.5 Å². The van der Waals surface area contributed by atoms with E-state index in [0.29, 0.717) is 25.6 Å². The van der Waals surface area contributed by atoms with Gasteiger partial charge in [-0.1, -0.05) is 24.3 Å². The number of hydrogen-bond acceptors (Lipinski definition) is 5. The number of anilines is 2. The minimum atomic E-state index is -4.33. The van der Waals surface area contributed by atoms with E-state index in [4.69, 9.17) is 4.74 Å². The van der Waals surface area contributed by atoms with Gasteiger partial charge in [-0.3, -0.25) is 4.90 Å². The zero-order chi connectivity index (χ0) is 21.7. The van der Waals surface area contributed by atoms with Crippen molar-refractivity contribution < 1.29 is 17.9 Å². The molecule has 0 saturated carbocycles. The molecule has 8 heteroatoms. The second kappa shape index (κ2) is 9.60. The summed E-state index contributed by atoms with van der Waals surface area (Å²) in [7, 11) is 0. The number of hydrogen-bond donors (Lipinski definition) is 1. The number of unbranched alkanes of at least 4 members (excludes halogenated alkanes) is 1. The van der Waals surface area contributed by atoms with Crippen molar-refractivity contribution in [3.8, 4) is 5.88 Å². The summed E-state index contributed by atoms with van der Waals surface area (Å²) in [6.45, 7) is 5.02. The fraction of sp³-hybridized carbons (Fsp3) is 0.435. The van der Waals surface area contributed by atoms with Crippen LogP contribution in [0.25, 0.3) is 6.08 Å². The second-order valence-corrected chi connectivity index (χ2v) is 7.77. The van der Waals surface area contributed by atoms with Crippen molar-refractivity contribution in [2.45, 2.75) is 19.0 Å². The third kappa shape index (κ3) is 5.50. The van der Waals surface area contributed by atoms with E-state index in [9.17, 15) is 13.2 Å². The summed E-state index contributed by atoms with van der Waals surface area (Å²) in [5, 5.41) is 3.22. The van der Waals surface area contributed by atoms with Gasteiger partial charge >= 0.3 is 6.18 Å². The highest BCUT2D eigenvalue weighted by molar-refractivity contribution is 5.67. The van der Waals surface area contributed by atoms with Gasteiger partial charge in [-0.25, -0.2) is 0 Å². The Hall–Kier alpha value is -2.74. The van der Waals surface area contributed by atoms with Gasteiger partial charge in [0.2, 0.25) is 5.88 Å². The highest BCUT2D eigenvalue weighted by Crippen LogP contribution is 2.36. The minimum absolute atomic E-state index is 0.283. The van der Waals surface area contributed by atoms with E-state index in [1.165, 1.54) is 6.07 Å². The van der Waals surface area contributed by atoms with Crippen LogP contribution < -0.4 is 15.0 Å². The lowest BCUT2D eigenvalue weighted by molar-refractivity contribution is -0.137. The molecule has 2 aliphatic rings. The lowest BCUT2D eigenvalue weighted by Gasteiger charge is -2.37. The van der Waals surface area contributed by atoms with Crippen molar-refractivity contribution in [2.75, 3.05) is 56.1 Å². The number of pyridine rings is 1. The first kappa shape index (κ1) is 21.5. The lowest BCUT2D eigenvalue weighted by Crippen LogP contribution is -2.47. The molecule has 0 unspecified atom stereocenters. The Morgan fingerprint density at radius 3 is 2.61 bits per heavy atom. The molecule has 2 aromatic rings. The highest BCUT2D eigenvalue weighted by Gasteiger charge is 2.35. The van der Waals surface area contributed by atoms with Gasteiger partial charge < -0.3 is 15.0 Å². The predicted molar refractivity (Wildman–Crippen MR) is 117 cm³/mol. The first-order chi connectivity index (χ1) is 15.0. The summed E-state index contributed by atoms with van der Waals surface area (Å²) in [5.74, 6) is 1.48. The van der Waals surface area contributed by atoms with Gasteiger partial charge in [0.25, 0.3) is 0 Å². The summed E-state index contributed by atoms with van der Waals surface area (Å²) in [6.07, 6.45) is 1.66. The Morgan fingerprint density at radius 2 is 1.81 bits per heavy atom. The third-order valence-corrected chi connectivity index (χ3v) is 5.63. The van der Waals surface area contributed by atoms with Gasteiger partial charge in [0.05, 0.1) is 12.2 Å². The van der Waals surface area contributed by atoms with Gasteiger partial charge in [0.1, 0.15) is 5.82 Å². The molecule has 1 aromatic heterocycles. The van der Waals surface area contributed by atoms with Crippen LogP contribution in [0.5, 0.6) is 5.88 Å². The number of rotatable bonds is 7. The number of alkyl halides is 3. The van der Waals surface area contributed by atoms with Crippen LogP contribution in [-0.2, 0) is 6.18 Å². The van der Waals surface area contributed by atoms with Crippen molar-refractivity contribution >= 4 is 17.6 Å². The number of aromatic nitrogens is 1. The normalized spacial score (nSPS) is 16.7. The molecule has 2 aliphatic heterocycles. The number of nitrogens with one attached hydrogen (secondary N) is 1. The van der Waals surface area contributed by atoms with Crippen molar-refractivity contribution in [3.63, 3.8) is 0 Å². The van der Waals surface area contributed by atoms with Crippen LogP contribution in [0.1, 0.15) is 24.0 Å². The van der Waals surface area contributed by atoms with Gasteiger partial charge in [0.15, 0.2) is 0 Å². The number of piperazine rings is 1. The number of para-hydroxylation sites is 1. The molecule has 4 rings (SSSR count). The van der Waals surface area contributed by atoms with E-state index in [-0.39, 0.29) is 5.69 Å². The molecule has 0 atom stereocenters. The topological polar surface area (TPSA) is 40.6 Å². The summed E-state index contributed by atoms with van der Waals surface area (Å²) in [5.41, 5.74) is 0.795. The first-order valence-corrected chi connectivity index (χ1v) is 10.7. The maximum absolute atomic E-state index is 13.3. The van der Waals surface area contributed by atoms with Crippen molar-refractivity contribution in [1.82, 2.24) is 9.88 Å². The SMILES string of the molecule is FC(F)(F)c1ccccc1N1CCN(CCCCOc2ccc3c(n2)NCC=C3)CC1. The number of halogens is 3. The zero-order valence-electron chi connectivity index (χ0n) is 17.4. The van der Waals surface area contributed by atoms with Crippen LogP contribution in [0.2, 0.25) is 0 Å². The zero-order valence-corrected chi connectivity index (χ0v) is 17.4. The summed E-state index contributed by atoms with van der Waals surface area (Å²) in [4.78, 5) is 8.63. The molecule has 166 valence electrons. The van der Waals surface area contributed by atoms with Crippen LogP contribution in [-0.4, -0.2) is 55.8 Å². The molecule has 0 aliphatic carbocycles. The average molecular weight is 432 g/mol. The number of fused-ring (bicyclic) bond motifs is 1. The lowest BCUT2D eigenvalue weighted by atomic mass is 10.1. The number of nitrogens with zero attached hydrogens (tertiary/aromatic N) is 3. The van der Waals surface area contributed by atoms with Crippen molar-refractivity contribution in [3.05, 3.63) is 53.6 Å². The number of benzene rings is 1. The van der Waals surface area contributed by atoms with Gasteiger partial charge in [-0.05, 0) is 37.6 Å². The molecule has 5 nitrogen and oxygen atoms in total. The van der Waals surface area contributed by atoms with E-state index in [1.54, 1.807) is 12.1 Å². The molecule has 0 amide bonds. The summed E-state index contributed by atoms with van der Waals surface area (Å²) < 4.78 is 45.6. The highest BCUT2D eigenvalue weighted by atomic mass is 19.4. The standard InChI is InChI=1S/C23H27F3N4O/c24-23(25,26)19-7-1-2-8-20(19)30-15-13-29(14-16-30)12-3-4-17-31-21-10-9-18-6-5-11-27-22(18)28-21/h1-2,5-10H,3-4,11-17H2,(H,27,28). The van der Waals surface area contributed by atoms with Crippen molar-refractivity contribution in [1.29, 1.82) is 0 Å². The maximum atomic E-state index is 13.3. The van der Waals surface area contributed by atoms with Crippen LogP contribution >= 0.6 is 0 Å². The Kier molecular flexibility index (Phi) is 6.65. The van der Waals surface area contributed by atoms with E-state index in [1.807, 2.05) is 23.1 Å². The van der Waals surface area contributed by atoms with Crippen LogP contribution in [0.4, 0.5) is 24.7 Å². The second-order valence-electron chi connectivity index (χ2n) is 7.77. The maximum Gasteiger partial charge on any atom is 0.418 e. The molecule has 0 radical (unpaired) electrons. The quantitative estimate of drug-likeness (QED) is 0.652. The molecular weight excluding hydrogens is 405 g/mol. The third-order valence-electron chi connectivity index (χ3n) is 5.63. The number of ether oxygens (including phenoxy) is 1. The Labute approximate surface area is 180 Å². The Bertz CT molecular complexity index is 908. The Morgan fingerprint density at radius 1 is 1.00 bits per heavy atom. The smallest absolute Gasteiger partial charge is 0.418 e. The molecule has 0 bridgehead atoms. The molecule has 1 fully saturated rings. The molecular formula is C23H27F3N4O. The average Bonchev–Trinajstić information content (AvgIpc) is 2.78. The first-order valence-electron chi connectivity index (χ1n) is 10.7. The van der Waals surface area contributed by atoms with Crippen LogP contribution in [0, 0.1) is 0 Å². The van der Waals surface area contributed by atoms with Gasteiger partial charge in [-0.15, -0.1) is 0 Å². The van der Waals surface area contributed by atoms with E-state index < -0.39 is 11.7 Å². The van der Waals surface area contributed by atoms with Crippen molar-refractivity contribution in [2.24, 2.45) is 0 Å². The Balaban J connectivity index is 1.17. The van der Waals surface area contributed by atoms with Gasteiger partial charge in [0, 0.05) is 50.0 Å². The molecule has 1 saturated heterocycles. The molecule has 3 heterocycles. The fourth-order valence-electron chi connectivity index (χ4n) is 3.97. The molecule has 31 heavy (non-hydrogen) atoms. The van der Waals surface area contributed by atoms with Crippen LogP contribution in [0.3, 0.4) is 0 Å². The predicted octanol–water partition coefficient (Wildman–Crippen LogP) is 4.52. The fourth-order valence-corrected chi connectivity index (χ4v) is 3.97. The van der Waals surface area contributed by atoms with Gasteiger partial charge in [-0.2, -0.15) is 18.2 Å². The van der Waals surface area contributed by atoms with E-state index >= 15 is 0 Å². The summed E-state index contributed by atoms with van der Waals surface area (Å²) >= 11 is 0. The molecule has 0 spiro atoms. The van der Waals surface area contributed by atoms with E-state index in [0.717, 1.165) is 56.5 Å². The minimum Gasteiger partial charge on any atom is -0.478 e.